The monoisotopic (exact) mass is 271 g/mol. The topological polar surface area (TPSA) is 37.8 Å². The Morgan fingerprint density at radius 3 is 2.21 bits per heavy atom. The Morgan fingerprint density at radius 2 is 1.68 bits per heavy atom. The van der Waals surface area contributed by atoms with Gasteiger partial charge in [-0.3, -0.25) is 4.98 Å². The number of aromatic nitrogens is 2. The van der Waals surface area contributed by atoms with E-state index in [0.29, 0.717) is 5.56 Å². The van der Waals surface area contributed by atoms with Crippen molar-refractivity contribution in [1.82, 2.24) is 9.97 Å². The molecular weight excluding hydrogens is 262 g/mol. The summed E-state index contributed by atoms with van der Waals surface area (Å²) in [5.74, 6) is -6.50. The molecule has 0 atom stereocenters. The lowest BCUT2D eigenvalue weighted by molar-refractivity contribution is 0.410. The van der Waals surface area contributed by atoms with E-state index in [1.54, 1.807) is 19.1 Å². The summed E-state index contributed by atoms with van der Waals surface area (Å²) in [6.07, 6.45) is 1.49. The fourth-order valence-electron chi connectivity index (χ4n) is 1.44. The summed E-state index contributed by atoms with van der Waals surface area (Å²) < 4.78 is 52.3. The van der Waals surface area contributed by atoms with E-state index >= 15 is 0 Å². The molecule has 0 aliphatic rings. The fourth-order valence-corrected chi connectivity index (χ4v) is 1.44. The van der Waals surface area contributed by atoms with Gasteiger partial charge in [0.15, 0.2) is 0 Å². The molecule has 0 aliphatic carbocycles. The van der Waals surface area contributed by atoms with Crippen molar-refractivity contribution in [3.8, 4) is 0 Å². The van der Waals surface area contributed by atoms with Gasteiger partial charge < -0.3 is 5.32 Å². The molecule has 0 radical (unpaired) electrons. The highest BCUT2D eigenvalue weighted by Crippen LogP contribution is 2.22. The molecule has 1 N–H and O–H groups in total. The average molecular weight is 271 g/mol. The van der Waals surface area contributed by atoms with Gasteiger partial charge in [0.05, 0.1) is 0 Å². The second-order valence-corrected chi connectivity index (χ2v) is 3.86. The molecule has 0 amide bonds. The van der Waals surface area contributed by atoms with Crippen LogP contribution in [0, 0.1) is 30.5 Å². The van der Waals surface area contributed by atoms with E-state index in [9.17, 15) is 17.6 Å². The second-order valence-electron chi connectivity index (χ2n) is 3.86. The summed E-state index contributed by atoms with van der Waals surface area (Å²) in [4.78, 5) is 6.45. The number of hydrogen-bond donors (Lipinski definition) is 1. The number of rotatable bonds is 3. The smallest absolute Gasteiger partial charge is 0.253 e. The molecule has 0 spiro atoms. The van der Waals surface area contributed by atoms with Gasteiger partial charge >= 0.3 is 0 Å². The highest BCUT2D eigenvalue weighted by atomic mass is 19.2. The Morgan fingerprint density at radius 1 is 1.05 bits per heavy atom. The molecule has 2 heterocycles. The van der Waals surface area contributed by atoms with Crippen molar-refractivity contribution in [3.63, 3.8) is 0 Å². The molecule has 2 aromatic heterocycles. The lowest BCUT2D eigenvalue weighted by Crippen LogP contribution is -2.09. The highest BCUT2D eigenvalue weighted by Gasteiger charge is 2.20. The standard InChI is InChI=1S/C12H9F4N3/c1-6-2-3-7(4-17-6)5-18-10-8(13)11(15)19-12(16)9(10)14/h2-4H,5H2,1H3,(H,18,19). The summed E-state index contributed by atoms with van der Waals surface area (Å²) in [7, 11) is 0. The maximum Gasteiger partial charge on any atom is 0.253 e. The van der Waals surface area contributed by atoms with Crippen molar-refractivity contribution >= 4 is 5.69 Å². The maximum absolute atomic E-state index is 13.3. The third kappa shape index (κ3) is 2.81. The van der Waals surface area contributed by atoms with Gasteiger partial charge in [0, 0.05) is 18.4 Å². The Bertz CT molecular complexity index is 573. The Hall–Kier alpha value is -2.18. The zero-order valence-electron chi connectivity index (χ0n) is 9.85. The summed E-state index contributed by atoms with van der Waals surface area (Å²) in [6.45, 7) is 1.76. The first kappa shape index (κ1) is 13.3. The molecule has 2 rings (SSSR count). The minimum absolute atomic E-state index is 0.0238. The number of nitrogens with one attached hydrogen (secondary N) is 1. The van der Waals surface area contributed by atoms with Crippen LogP contribution in [0.1, 0.15) is 11.3 Å². The van der Waals surface area contributed by atoms with Crippen LogP contribution >= 0.6 is 0 Å². The quantitative estimate of drug-likeness (QED) is 0.689. The van der Waals surface area contributed by atoms with Gasteiger partial charge in [0.2, 0.25) is 11.6 Å². The van der Waals surface area contributed by atoms with Gasteiger partial charge in [-0.15, -0.1) is 0 Å². The molecule has 0 saturated carbocycles. The summed E-state index contributed by atoms with van der Waals surface area (Å²) in [5.41, 5.74) is 0.509. The molecule has 2 aromatic rings. The molecule has 0 aliphatic heterocycles. The summed E-state index contributed by atoms with van der Waals surface area (Å²) in [6, 6.07) is 3.39. The van der Waals surface area contributed by atoms with Gasteiger partial charge in [-0.25, -0.2) is 0 Å². The molecule has 0 saturated heterocycles. The second kappa shape index (κ2) is 5.21. The number of anilines is 1. The van der Waals surface area contributed by atoms with Crippen LogP contribution in [-0.4, -0.2) is 9.97 Å². The first-order valence-electron chi connectivity index (χ1n) is 5.34. The molecule has 19 heavy (non-hydrogen) atoms. The molecule has 3 nitrogen and oxygen atoms in total. The lowest BCUT2D eigenvalue weighted by Gasteiger charge is -2.09. The molecule has 100 valence electrons. The van der Waals surface area contributed by atoms with Gasteiger partial charge in [0.1, 0.15) is 5.69 Å². The van der Waals surface area contributed by atoms with Crippen molar-refractivity contribution in [3.05, 3.63) is 53.1 Å². The van der Waals surface area contributed by atoms with E-state index in [4.69, 9.17) is 0 Å². The van der Waals surface area contributed by atoms with Crippen LogP contribution in [0.2, 0.25) is 0 Å². The zero-order chi connectivity index (χ0) is 14.0. The molecule has 7 heteroatoms. The van der Waals surface area contributed by atoms with Gasteiger partial charge in [0.25, 0.3) is 11.9 Å². The number of pyridine rings is 2. The summed E-state index contributed by atoms with van der Waals surface area (Å²) >= 11 is 0. The number of halogens is 4. The Labute approximate surface area is 106 Å². The van der Waals surface area contributed by atoms with Crippen LogP contribution < -0.4 is 5.32 Å². The van der Waals surface area contributed by atoms with Crippen LogP contribution in [0.3, 0.4) is 0 Å². The average Bonchev–Trinajstić information content (AvgIpc) is 2.38. The van der Waals surface area contributed by atoms with E-state index in [1.165, 1.54) is 6.20 Å². The zero-order valence-corrected chi connectivity index (χ0v) is 9.85. The third-order valence-electron chi connectivity index (χ3n) is 2.44. The van der Waals surface area contributed by atoms with Crippen molar-refractivity contribution in [2.45, 2.75) is 13.5 Å². The number of aryl methyl sites for hydroxylation is 1. The van der Waals surface area contributed by atoms with E-state index in [2.05, 4.69) is 15.3 Å². The van der Waals surface area contributed by atoms with Crippen LogP contribution in [0.15, 0.2) is 18.3 Å². The largest absolute Gasteiger partial charge is 0.376 e. The van der Waals surface area contributed by atoms with Crippen LogP contribution in [0.5, 0.6) is 0 Å². The lowest BCUT2D eigenvalue weighted by atomic mass is 10.2. The van der Waals surface area contributed by atoms with E-state index in [-0.39, 0.29) is 6.54 Å². The first-order valence-corrected chi connectivity index (χ1v) is 5.34. The Balaban J connectivity index is 2.22. The number of nitrogens with zero attached hydrogens (tertiary/aromatic N) is 2. The van der Waals surface area contributed by atoms with E-state index < -0.39 is 29.2 Å². The van der Waals surface area contributed by atoms with Crippen molar-refractivity contribution in [2.75, 3.05) is 5.32 Å². The minimum atomic E-state index is -1.69. The number of hydrogen-bond acceptors (Lipinski definition) is 3. The fraction of sp³-hybridized carbons (Fsp3) is 0.167. The minimum Gasteiger partial charge on any atom is -0.376 e. The molecule has 0 aromatic carbocycles. The third-order valence-corrected chi connectivity index (χ3v) is 2.44. The van der Waals surface area contributed by atoms with E-state index in [1.807, 2.05) is 0 Å². The van der Waals surface area contributed by atoms with Crippen LogP contribution in [0.25, 0.3) is 0 Å². The van der Waals surface area contributed by atoms with Gasteiger partial charge in [-0.05, 0) is 18.6 Å². The van der Waals surface area contributed by atoms with Crippen molar-refractivity contribution < 1.29 is 17.6 Å². The molecule has 0 bridgehead atoms. The van der Waals surface area contributed by atoms with Gasteiger partial charge in [-0.2, -0.15) is 22.5 Å². The molecule has 0 fully saturated rings. The normalized spacial score (nSPS) is 10.6. The Kier molecular flexibility index (Phi) is 3.64. The molecule has 0 unspecified atom stereocenters. The van der Waals surface area contributed by atoms with Crippen LogP contribution in [-0.2, 0) is 6.54 Å². The first-order chi connectivity index (χ1) is 8.99. The predicted octanol–water partition coefficient (Wildman–Crippen LogP) is 2.95. The van der Waals surface area contributed by atoms with Crippen molar-refractivity contribution in [1.29, 1.82) is 0 Å². The molecular formula is C12H9F4N3. The van der Waals surface area contributed by atoms with Crippen LogP contribution in [0.4, 0.5) is 23.2 Å². The predicted molar refractivity (Wildman–Crippen MR) is 60.4 cm³/mol. The maximum atomic E-state index is 13.3. The summed E-state index contributed by atoms with van der Waals surface area (Å²) in [5, 5.41) is 2.29. The SMILES string of the molecule is Cc1ccc(CNc2c(F)c(F)nc(F)c2F)cn1. The van der Waals surface area contributed by atoms with Gasteiger partial charge in [-0.1, -0.05) is 6.07 Å². The highest BCUT2D eigenvalue weighted by molar-refractivity contribution is 5.45. The van der Waals surface area contributed by atoms with Crippen molar-refractivity contribution in [2.24, 2.45) is 0 Å². The van der Waals surface area contributed by atoms with E-state index in [0.717, 1.165) is 5.69 Å².